The number of aryl methyl sites for hydroxylation is 3. The van der Waals surface area contributed by atoms with Crippen LogP contribution in [0.5, 0.6) is 0 Å². The van der Waals surface area contributed by atoms with Gasteiger partial charge in [0.1, 0.15) is 12.2 Å². The van der Waals surface area contributed by atoms with Crippen molar-refractivity contribution in [3.8, 4) is 0 Å². The maximum absolute atomic E-state index is 4.29. The molecule has 0 atom stereocenters. The topological polar surface area (TPSA) is 42.7 Å². The summed E-state index contributed by atoms with van der Waals surface area (Å²) in [4.78, 5) is 4.29. The molecule has 0 fully saturated rings. The molecule has 0 spiro atoms. The van der Waals surface area contributed by atoms with Crippen molar-refractivity contribution in [1.82, 2.24) is 14.8 Å². The van der Waals surface area contributed by atoms with Gasteiger partial charge in [-0.3, -0.25) is 0 Å². The number of nitrogens with one attached hydrogen (secondary N) is 1. The molecule has 0 bridgehead atoms. The van der Waals surface area contributed by atoms with Crippen LogP contribution < -0.4 is 5.32 Å². The van der Waals surface area contributed by atoms with E-state index in [0.717, 1.165) is 24.5 Å². The molecule has 4 nitrogen and oxygen atoms in total. The third-order valence-electron chi connectivity index (χ3n) is 3.02. The van der Waals surface area contributed by atoms with Crippen molar-refractivity contribution in [2.45, 2.75) is 40.3 Å². The highest BCUT2D eigenvalue weighted by Crippen LogP contribution is 2.25. The van der Waals surface area contributed by atoms with Gasteiger partial charge in [-0.25, -0.2) is 9.67 Å². The van der Waals surface area contributed by atoms with E-state index in [9.17, 15) is 0 Å². The lowest BCUT2D eigenvalue weighted by Crippen LogP contribution is -2.10. The Kier molecular flexibility index (Phi) is 4.58. The van der Waals surface area contributed by atoms with Crippen molar-refractivity contribution in [1.29, 1.82) is 0 Å². The zero-order valence-electron chi connectivity index (χ0n) is 11.6. The second-order valence-electron chi connectivity index (χ2n) is 4.68. The van der Waals surface area contributed by atoms with Crippen LogP contribution in [0.3, 0.4) is 0 Å². The smallest absolute Gasteiger partial charge is 0.146 e. The number of nitrogens with zero attached hydrogens (tertiary/aromatic N) is 3. The molecule has 2 rings (SSSR count). The third kappa shape index (κ3) is 3.35. The summed E-state index contributed by atoms with van der Waals surface area (Å²) in [5, 5.41) is 7.64. The molecule has 0 saturated carbocycles. The van der Waals surface area contributed by atoms with E-state index in [1.807, 2.05) is 4.68 Å². The molecule has 19 heavy (non-hydrogen) atoms. The fourth-order valence-corrected chi connectivity index (χ4v) is 2.28. The average Bonchev–Trinajstić information content (AvgIpc) is 2.81. The molecular formula is C14H19BrN4. The number of halogens is 1. The first kappa shape index (κ1) is 14.1. The molecule has 0 aliphatic carbocycles. The van der Waals surface area contributed by atoms with Crippen LogP contribution in [0.4, 0.5) is 5.69 Å². The van der Waals surface area contributed by atoms with Gasteiger partial charge in [0.25, 0.3) is 0 Å². The lowest BCUT2D eigenvalue weighted by atomic mass is 10.1. The van der Waals surface area contributed by atoms with Gasteiger partial charge >= 0.3 is 0 Å². The van der Waals surface area contributed by atoms with Crippen molar-refractivity contribution in [2.75, 3.05) is 5.32 Å². The quantitative estimate of drug-likeness (QED) is 0.913. The van der Waals surface area contributed by atoms with E-state index in [4.69, 9.17) is 0 Å². The summed E-state index contributed by atoms with van der Waals surface area (Å²) in [6, 6.07) is 4.27. The van der Waals surface area contributed by atoms with E-state index in [-0.39, 0.29) is 0 Å². The van der Waals surface area contributed by atoms with E-state index >= 15 is 0 Å². The molecule has 0 saturated heterocycles. The molecule has 5 heteroatoms. The fraction of sp³-hybridized carbons (Fsp3) is 0.429. The second kappa shape index (κ2) is 6.19. The lowest BCUT2D eigenvalue weighted by molar-refractivity contribution is 0.574. The Labute approximate surface area is 122 Å². The first-order valence-corrected chi connectivity index (χ1v) is 7.28. The SMILES string of the molecule is CCCn1ncnc1CNc1cc(C)c(Br)c(C)c1. The maximum atomic E-state index is 4.29. The fourth-order valence-electron chi connectivity index (χ4n) is 2.05. The van der Waals surface area contributed by atoms with E-state index in [2.05, 4.69) is 64.2 Å². The molecule has 102 valence electrons. The summed E-state index contributed by atoms with van der Waals surface area (Å²) >= 11 is 3.58. The van der Waals surface area contributed by atoms with E-state index in [1.165, 1.54) is 15.6 Å². The summed E-state index contributed by atoms with van der Waals surface area (Å²) in [6.45, 7) is 7.94. The summed E-state index contributed by atoms with van der Waals surface area (Å²) in [6.07, 6.45) is 2.68. The predicted octanol–water partition coefficient (Wildman–Crippen LogP) is 3.68. The average molecular weight is 323 g/mol. The number of hydrogen-bond acceptors (Lipinski definition) is 3. The number of rotatable bonds is 5. The molecule has 1 N–H and O–H groups in total. The van der Waals surface area contributed by atoms with Gasteiger partial charge < -0.3 is 5.32 Å². The number of aromatic nitrogens is 3. The van der Waals surface area contributed by atoms with Crippen molar-refractivity contribution in [3.63, 3.8) is 0 Å². The zero-order valence-corrected chi connectivity index (χ0v) is 13.2. The Hall–Kier alpha value is -1.36. The first-order valence-electron chi connectivity index (χ1n) is 6.49. The van der Waals surface area contributed by atoms with Gasteiger partial charge in [-0.05, 0) is 43.5 Å². The molecule has 1 aromatic carbocycles. The highest BCUT2D eigenvalue weighted by Gasteiger charge is 2.05. The van der Waals surface area contributed by atoms with Crippen LogP contribution in [0.25, 0.3) is 0 Å². The molecule has 0 aliphatic rings. The maximum Gasteiger partial charge on any atom is 0.146 e. The molecule has 0 radical (unpaired) electrons. The number of benzene rings is 1. The van der Waals surface area contributed by atoms with Crippen molar-refractivity contribution in [3.05, 3.63) is 39.9 Å². The standard InChI is InChI=1S/C14H19BrN4/c1-4-5-19-13(17-9-18-19)8-16-12-6-10(2)14(15)11(3)7-12/h6-7,9,16H,4-5,8H2,1-3H3. The van der Waals surface area contributed by atoms with Crippen molar-refractivity contribution < 1.29 is 0 Å². The molecule has 2 aromatic rings. The minimum Gasteiger partial charge on any atom is -0.378 e. The monoisotopic (exact) mass is 322 g/mol. The second-order valence-corrected chi connectivity index (χ2v) is 5.47. The number of anilines is 1. The molecule has 1 heterocycles. The van der Waals surface area contributed by atoms with Gasteiger partial charge in [0.15, 0.2) is 0 Å². The van der Waals surface area contributed by atoms with Crippen LogP contribution in [-0.2, 0) is 13.1 Å². The van der Waals surface area contributed by atoms with Gasteiger partial charge in [-0.2, -0.15) is 5.10 Å². The Balaban J connectivity index is 2.08. The van der Waals surface area contributed by atoms with E-state index in [1.54, 1.807) is 6.33 Å². The lowest BCUT2D eigenvalue weighted by Gasteiger charge is -2.11. The first-order chi connectivity index (χ1) is 9.11. The largest absolute Gasteiger partial charge is 0.378 e. The highest BCUT2D eigenvalue weighted by atomic mass is 79.9. The summed E-state index contributed by atoms with van der Waals surface area (Å²) in [5.41, 5.74) is 3.58. The van der Waals surface area contributed by atoms with Crippen LogP contribution in [0.15, 0.2) is 22.9 Å². The summed E-state index contributed by atoms with van der Waals surface area (Å²) in [5.74, 6) is 0.972. The summed E-state index contributed by atoms with van der Waals surface area (Å²) < 4.78 is 3.12. The minimum absolute atomic E-state index is 0.695. The van der Waals surface area contributed by atoms with Gasteiger partial charge in [-0.1, -0.05) is 22.9 Å². The van der Waals surface area contributed by atoms with Crippen LogP contribution >= 0.6 is 15.9 Å². The molecule has 0 amide bonds. The normalized spacial score (nSPS) is 10.7. The molecule has 0 aliphatic heterocycles. The molecule has 1 aromatic heterocycles. The Morgan fingerprint density at radius 2 is 1.95 bits per heavy atom. The van der Waals surface area contributed by atoms with Crippen LogP contribution in [0.2, 0.25) is 0 Å². The van der Waals surface area contributed by atoms with Crippen molar-refractivity contribution in [2.24, 2.45) is 0 Å². The van der Waals surface area contributed by atoms with Crippen LogP contribution in [0, 0.1) is 13.8 Å². The van der Waals surface area contributed by atoms with Gasteiger partial charge in [-0.15, -0.1) is 0 Å². The highest BCUT2D eigenvalue weighted by molar-refractivity contribution is 9.10. The summed E-state index contributed by atoms with van der Waals surface area (Å²) in [7, 11) is 0. The zero-order chi connectivity index (χ0) is 13.8. The van der Waals surface area contributed by atoms with Gasteiger partial charge in [0.05, 0.1) is 6.54 Å². The third-order valence-corrected chi connectivity index (χ3v) is 4.27. The van der Waals surface area contributed by atoms with Crippen LogP contribution in [0.1, 0.15) is 30.3 Å². The number of hydrogen-bond donors (Lipinski definition) is 1. The van der Waals surface area contributed by atoms with Gasteiger partial charge in [0, 0.05) is 16.7 Å². The van der Waals surface area contributed by atoms with Gasteiger partial charge in [0.2, 0.25) is 0 Å². The minimum atomic E-state index is 0.695. The van der Waals surface area contributed by atoms with Crippen LogP contribution in [-0.4, -0.2) is 14.8 Å². The molecular weight excluding hydrogens is 304 g/mol. The predicted molar refractivity (Wildman–Crippen MR) is 81.3 cm³/mol. The Morgan fingerprint density at radius 3 is 2.58 bits per heavy atom. The van der Waals surface area contributed by atoms with E-state index in [0.29, 0.717) is 6.54 Å². The Bertz CT molecular complexity index is 539. The molecule has 0 unspecified atom stereocenters. The van der Waals surface area contributed by atoms with E-state index < -0.39 is 0 Å². The Morgan fingerprint density at radius 1 is 1.26 bits per heavy atom. The van der Waals surface area contributed by atoms with Crippen molar-refractivity contribution >= 4 is 21.6 Å².